The first kappa shape index (κ1) is 13.3. The van der Waals surface area contributed by atoms with Crippen LogP contribution in [0.5, 0.6) is 0 Å². The zero-order valence-corrected chi connectivity index (χ0v) is 12.7. The lowest BCUT2D eigenvalue weighted by molar-refractivity contribution is -0.385. The van der Waals surface area contributed by atoms with Crippen LogP contribution in [0.2, 0.25) is 0 Å². The molecule has 0 saturated heterocycles. The molecule has 0 radical (unpaired) electrons. The lowest BCUT2D eigenvalue weighted by Crippen LogP contribution is -2.39. The monoisotopic (exact) mass is 285 g/mol. The predicted molar refractivity (Wildman–Crippen MR) is 82.3 cm³/mol. The molecule has 3 aliphatic carbocycles. The van der Waals surface area contributed by atoms with Crippen LogP contribution < -0.4 is 0 Å². The van der Waals surface area contributed by atoms with Gasteiger partial charge in [0, 0.05) is 11.6 Å². The average molecular weight is 285 g/mol. The minimum absolute atomic E-state index is 0.193. The second kappa shape index (κ2) is 4.56. The van der Waals surface area contributed by atoms with Gasteiger partial charge in [0.25, 0.3) is 5.69 Å². The van der Waals surface area contributed by atoms with Gasteiger partial charge in [0.05, 0.1) is 4.92 Å². The van der Waals surface area contributed by atoms with Crippen molar-refractivity contribution < 1.29 is 4.92 Å². The number of nitro benzene ring substituents is 1. The maximum atomic E-state index is 11.3. The summed E-state index contributed by atoms with van der Waals surface area (Å²) < 4.78 is 0. The highest BCUT2D eigenvalue weighted by atomic mass is 16.6. The van der Waals surface area contributed by atoms with Crippen molar-refractivity contribution in [3.8, 4) is 0 Å². The van der Waals surface area contributed by atoms with Crippen LogP contribution in [0.3, 0.4) is 0 Å². The number of rotatable bonds is 1. The summed E-state index contributed by atoms with van der Waals surface area (Å²) in [4.78, 5) is 11.1. The molecule has 4 rings (SSSR count). The normalized spacial score (nSPS) is 37.5. The van der Waals surface area contributed by atoms with Crippen LogP contribution in [0.15, 0.2) is 18.2 Å². The third kappa shape index (κ3) is 1.86. The maximum Gasteiger partial charge on any atom is 0.272 e. The van der Waals surface area contributed by atoms with Gasteiger partial charge in [-0.05, 0) is 67.3 Å². The smallest absolute Gasteiger partial charge is 0.258 e. The SMILES string of the molecule is C[C@@]12CCC[C@H]1[C@@H]1CCc3c(cccc3[N+](=O)[O-])[C@H]1CC2. The molecular formula is C18H23NO2. The molecule has 0 aromatic heterocycles. The Morgan fingerprint density at radius 1 is 1.24 bits per heavy atom. The largest absolute Gasteiger partial charge is 0.272 e. The second-order valence-electron chi connectivity index (χ2n) is 7.60. The number of hydrogen-bond donors (Lipinski definition) is 0. The van der Waals surface area contributed by atoms with Crippen LogP contribution in [0.1, 0.15) is 62.5 Å². The van der Waals surface area contributed by atoms with Crippen molar-refractivity contribution >= 4 is 5.69 Å². The van der Waals surface area contributed by atoms with E-state index in [4.69, 9.17) is 0 Å². The van der Waals surface area contributed by atoms with Gasteiger partial charge in [-0.3, -0.25) is 10.1 Å². The van der Waals surface area contributed by atoms with Gasteiger partial charge in [-0.2, -0.15) is 0 Å². The second-order valence-corrected chi connectivity index (χ2v) is 7.60. The Morgan fingerprint density at radius 2 is 2.10 bits per heavy atom. The summed E-state index contributed by atoms with van der Waals surface area (Å²) in [5.41, 5.74) is 3.24. The summed E-state index contributed by atoms with van der Waals surface area (Å²) in [6.07, 6.45) is 8.74. The summed E-state index contributed by atoms with van der Waals surface area (Å²) in [6.45, 7) is 2.49. The first-order chi connectivity index (χ1) is 10.1. The van der Waals surface area contributed by atoms with E-state index in [9.17, 15) is 10.1 Å². The first-order valence-corrected chi connectivity index (χ1v) is 8.36. The van der Waals surface area contributed by atoms with Gasteiger partial charge < -0.3 is 0 Å². The number of benzene rings is 1. The summed E-state index contributed by atoms with van der Waals surface area (Å²) >= 11 is 0. The van der Waals surface area contributed by atoms with Crippen molar-refractivity contribution in [3.05, 3.63) is 39.4 Å². The lowest BCUT2D eigenvalue weighted by atomic mass is 9.56. The van der Waals surface area contributed by atoms with Crippen molar-refractivity contribution in [2.75, 3.05) is 0 Å². The lowest BCUT2D eigenvalue weighted by Gasteiger charge is -2.49. The first-order valence-electron chi connectivity index (χ1n) is 8.36. The van der Waals surface area contributed by atoms with Crippen molar-refractivity contribution in [2.45, 2.75) is 57.8 Å². The molecule has 0 bridgehead atoms. The van der Waals surface area contributed by atoms with Gasteiger partial charge in [0.2, 0.25) is 0 Å². The Labute approximate surface area is 125 Å². The Kier molecular flexibility index (Phi) is 2.88. The molecule has 1 aromatic carbocycles. The van der Waals surface area contributed by atoms with E-state index in [2.05, 4.69) is 13.0 Å². The van der Waals surface area contributed by atoms with Crippen molar-refractivity contribution in [1.82, 2.24) is 0 Å². The molecule has 3 heteroatoms. The zero-order valence-electron chi connectivity index (χ0n) is 12.7. The van der Waals surface area contributed by atoms with Crippen LogP contribution in [0.4, 0.5) is 5.69 Å². The van der Waals surface area contributed by atoms with Gasteiger partial charge in [-0.25, -0.2) is 0 Å². The van der Waals surface area contributed by atoms with Crippen molar-refractivity contribution in [1.29, 1.82) is 0 Å². The van der Waals surface area contributed by atoms with Gasteiger partial charge in [0.1, 0.15) is 0 Å². The quantitative estimate of drug-likeness (QED) is 0.547. The fourth-order valence-electron chi connectivity index (χ4n) is 5.76. The number of nitro groups is 1. The minimum Gasteiger partial charge on any atom is -0.258 e. The zero-order chi connectivity index (χ0) is 14.6. The number of hydrogen-bond acceptors (Lipinski definition) is 2. The van der Waals surface area contributed by atoms with Gasteiger partial charge in [-0.1, -0.05) is 25.5 Å². The van der Waals surface area contributed by atoms with Gasteiger partial charge in [-0.15, -0.1) is 0 Å². The van der Waals surface area contributed by atoms with E-state index in [0.717, 1.165) is 30.2 Å². The molecule has 2 saturated carbocycles. The molecule has 0 N–H and O–H groups in total. The molecule has 0 heterocycles. The predicted octanol–water partition coefficient (Wildman–Crippen LogP) is 4.84. The van der Waals surface area contributed by atoms with Crippen LogP contribution in [-0.2, 0) is 6.42 Å². The third-order valence-corrected chi connectivity index (χ3v) is 6.73. The van der Waals surface area contributed by atoms with Gasteiger partial charge >= 0.3 is 0 Å². The molecule has 0 amide bonds. The topological polar surface area (TPSA) is 43.1 Å². The molecule has 1 aromatic rings. The Bertz CT molecular complexity index is 597. The van der Waals surface area contributed by atoms with Crippen LogP contribution >= 0.6 is 0 Å². The molecule has 4 atom stereocenters. The van der Waals surface area contributed by atoms with E-state index < -0.39 is 0 Å². The summed E-state index contributed by atoms with van der Waals surface area (Å²) in [5, 5.41) is 11.3. The molecule has 3 nitrogen and oxygen atoms in total. The fraction of sp³-hybridized carbons (Fsp3) is 0.667. The van der Waals surface area contributed by atoms with E-state index >= 15 is 0 Å². The summed E-state index contributed by atoms with van der Waals surface area (Å²) in [7, 11) is 0. The van der Waals surface area contributed by atoms with Crippen molar-refractivity contribution in [2.24, 2.45) is 17.3 Å². The molecular weight excluding hydrogens is 262 g/mol. The van der Waals surface area contributed by atoms with E-state index in [1.54, 1.807) is 6.07 Å². The van der Waals surface area contributed by atoms with Crippen LogP contribution in [0, 0.1) is 27.4 Å². The average Bonchev–Trinajstić information content (AvgIpc) is 2.88. The number of fused-ring (bicyclic) bond motifs is 5. The highest BCUT2D eigenvalue weighted by molar-refractivity contribution is 5.49. The molecule has 2 fully saturated rings. The highest BCUT2D eigenvalue weighted by Gasteiger charge is 2.50. The molecule has 0 aliphatic heterocycles. The number of nitrogens with zero attached hydrogens (tertiary/aromatic N) is 1. The molecule has 0 spiro atoms. The standard InChI is InChI=1S/C18H23NO2/c1-18-10-3-5-16(18)14-7-8-15-12(13(14)9-11-18)4-2-6-17(15)19(20)21/h2,4,6,13-14,16H,3,5,7-11H2,1H3/t13-,14-,16+,18+/m1/s1. The van der Waals surface area contributed by atoms with Crippen LogP contribution in [0.25, 0.3) is 0 Å². The summed E-state index contributed by atoms with van der Waals surface area (Å²) in [5.74, 6) is 2.19. The summed E-state index contributed by atoms with van der Waals surface area (Å²) in [6, 6.07) is 5.74. The third-order valence-electron chi connectivity index (χ3n) is 6.73. The molecule has 112 valence electrons. The van der Waals surface area contributed by atoms with E-state index in [1.165, 1.54) is 37.7 Å². The van der Waals surface area contributed by atoms with Crippen LogP contribution in [-0.4, -0.2) is 4.92 Å². The van der Waals surface area contributed by atoms with Gasteiger partial charge in [0.15, 0.2) is 0 Å². The Hall–Kier alpha value is -1.38. The van der Waals surface area contributed by atoms with E-state index in [1.807, 2.05) is 6.07 Å². The molecule has 21 heavy (non-hydrogen) atoms. The molecule has 3 aliphatic rings. The Balaban J connectivity index is 1.75. The fourth-order valence-corrected chi connectivity index (χ4v) is 5.76. The van der Waals surface area contributed by atoms with Crippen molar-refractivity contribution in [3.63, 3.8) is 0 Å². The molecule has 0 unspecified atom stereocenters. The minimum atomic E-state index is -0.193. The van der Waals surface area contributed by atoms with E-state index in [0.29, 0.717) is 17.0 Å². The highest BCUT2D eigenvalue weighted by Crippen LogP contribution is 2.61. The Morgan fingerprint density at radius 3 is 2.90 bits per heavy atom. The van der Waals surface area contributed by atoms with E-state index in [-0.39, 0.29) is 4.92 Å². The maximum absolute atomic E-state index is 11.3.